The quantitative estimate of drug-likeness (QED) is 0.665. The summed E-state index contributed by atoms with van der Waals surface area (Å²) in [7, 11) is 1.70. The smallest absolute Gasteiger partial charge is 0.0948 e. The summed E-state index contributed by atoms with van der Waals surface area (Å²) in [4.78, 5) is 3.96. The van der Waals surface area contributed by atoms with Crippen molar-refractivity contribution in [3.05, 3.63) is 18.2 Å². The monoisotopic (exact) mass is 184 g/mol. The fraction of sp³-hybridized carbons (Fsp3) is 0.667. The summed E-state index contributed by atoms with van der Waals surface area (Å²) in [6.45, 7) is 1.76. The van der Waals surface area contributed by atoms with Gasteiger partial charge in [0.15, 0.2) is 0 Å². The van der Waals surface area contributed by atoms with Gasteiger partial charge in [0.05, 0.1) is 24.8 Å². The first-order valence-electron chi connectivity index (χ1n) is 4.47. The number of aliphatic hydroxyl groups is 1. The molecule has 0 saturated carbocycles. The Hall–Kier alpha value is -0.870. The number of aryl methyl sites for hydroxylation is 1. The molecule has 1 aromatic rings. The zero-order valence-electron chi connectivity index (χ0n) is 7.94. The van der Waals surface area contributed by atoms with Gasteiger partial charge in [-0.15, -0.1) is 0 Å². The molecule has 0 bridgehead atoms. The topological polar surface area (TPSA) is 47.3 Å². The fourth-order valence-corrected chi connectivity index (χ4v) is 1.21. The van der Waals surface area contributed by atoms with Crippen LogP contribution in [0.3, 0.4) is 0 Å². The normalized spacial score (nSPS) is 10.6. The number of ether oxygens (including phenoxy) is 1. The van der Waals surface area contributed by atoms with Gasteiger partial charge in [0.25, 0.3) is 0 Å². The molecule has 1 aromatic heterocycles. The number of methoxy groups -OCH3 is 1. The van der Waals surface area contributed by atoms with Crippen LogP contribution in [-0.4, -0.2) is 28.4 Å². The molecule has 0 aliphatic heterocycles. The number of hydrogen-bond donors (Lipinski definition) is 1. The van der Waals surface area contributed by atoms with E-state index in [0.29, 0.717) is 0 Å². The molecule has 0 saturated heterocycles. The summed E-state index contributed by atoms with van der Waals surface area (Å²) in [5, 5.41) is 8.92. The zero-order chi connectivity index (χ0) is 9.52. The van der Waals surface area contributed by atoms with Gasteiger partial charge in [-0.3, -0.25) is 0 Å². The molecule has 4 nitrogen and oxygen atoms in total. The number of rotatable bonds is 6. The van der Waals surface area contributed by atoms with Gasteiger partial charge in [-0.25, -0.2) is 4.98 Å². The second-order valence-electron chi connectivity index (χ2n) is 2.94. The lowest BCUT2D eigenvalue weighted by Gasteiger charge is -2.05. The summed E-state index contributed by atoms with van der Waals surface area (Å²) in [6.07, 6.45) is 5.53. The fourth-order valence-electron chi connectivity index (χ4n) is 1.21. The van der Waals surface area contributed by atoms with E-state index in [1.165, 1.54) is 0 Å². The van der Waals surface area contributed by atoms with Crippen LogP contribution < -0.4 is 0 Å². The average Bonchev–Trinajstić information content (AvgIpc) is 2.60. The standard InChI is InChI=1S/C9H16N2O2/c1-13-5-3-2-4-11-8-10-6-9(11)7-12/h6,8,12H,2-5,7H2,1H3. The molecule has 1 heterocycles. The second kappa shape index (κ2) is 5.72. The molecule has 0 spiro atoms. The van der Waals surface area contributed by atoms with Gasteiger partial charge in [-0.05, 0) is 12.8 Å². The van der Waals surface area contributed by atoms with E-state index >= 15 is 0 Å². The van der Waals surface area contributed by atoms with E-state index in [-0.39, 0.29) is 6.61 Å². The van der Waals surface area contributed by atoms with Crippen LogP contribution in [-0.2, 0) is 17.9 Å². The molecule has 1 N–H and O–H groups in total. The van der Waals surface area contributed by atoms with E-state index in [0.717, 1.165) is 31.7 Å². The van der Waals surface area contributed by atoms with Crippen LogP contribution in [0.4, 0.5) is 0 Å². The third-order valence-electron chi connectivity index (χ3n) is 1.96. The highest BCUT2D eigenvalue weighted by Gasteiger charge is 1.98. The van der Waals surface area contributed by atoms with Crippen LogP contribution >= 0.6 is 0 Å². The highest BCUT2D eigenvalue weighted by Crippen LogP contribution is 2.01. The number of aromatic nitrogens is 2. The molecule has 0 atom stereocenters. The summed E-state index contributed by atoms with van der Waals surface area (Å²) in [5.41, 5.74) is 0.873. The Labute approximate surface area is 78.2 Å². The lowest BCUT2D eigenvalue weighted by atomic mass is 10.3. The molecule has 0 unspecified atom stereocenters. The van der Waals surface area contributed by atoms with Crippen LogP contribution in [0.15, 0.2) is 12.5 Å². The van der Waals surface area contributed by atoms with Crippen molar-refractivity contribution in [3.8, 4) is 0 Å². The van der Waals surface area contributed by atoms with Crippen molar-refractivity contribution in [3.63, 3.8) is 0 Å². The van der Waals surface area contributed by atoms with Crippen molar-refractivity contribution >= 4 is 0 Å². The number of unbranched alkanes of at least 4 members (excludes halogenated alkanes) is 1. The van der Waals surface area contributed by atoms with Crippen LogP contribution in [0.25, 0.3) is 0 Å². The zero-order valence-corrected chi connectivity index (χ0v) is 7.94. The molecule has 0 fully saturated rings. The summed E-state index contributed by atoms with van der Waals surface area (Å²) >= 11 is 0. The van der Waals surface area contributed by atoms with E-state index in [1.807, 2.05) is 4.57 Å². The van der Waals surface area contributed by atoms with E-state index in [4.69, 9.17) is 9.84 Å². The van der Waals surface area contributed by atoms with Gasteiger partial charge >= 0.3 is 0 Å². The number of aliphatic hydroxyl groups excluding tert-OH is 1. The first-order chi connectivity index (χ1) is 6.38. The Kier molecular flexibility index (Phi) is 4.49. The Balaban J connectivity index is 2.27. The minimum Gasteiger partial charge on any atom is -0.390 e. The minimum absolute atomic E-state index is 0.0598. The molecule has 1 rings (SSSR count). The van der Waals surface area contributed by atoms with E-state index in [1.54, 1.807) is 19.6 Å². The van der Waals surface area contributed by atoms with Crippen molar-refractivity contribution in [1.82, 2.24) is 9.55 Å². The Morgan fingerprint density at radius 3 is 3.08 bits per heavy atom. The molecule has 0 aliphatic rings. The first-order valence-corrected chi connectivity index (χ1v) is 4.47. The predicted octanol–water partition coefficient (Wildman–Crippen LogP) is 0.802. The third kappa shape index (κ3) is 3.16. The molecule has 0 amide bonds. The highest BCUT2D eigenvalue weighted by atomic mass is 16.5. The lowest BCUT2D eigenvalue weighted by molar-refractivity contribution is 0.191. The van der Waals surface area contributed by atoms with Gasteiger partial charge < -0.3 is 14.4 Å². The molecular formula is C9H16N2O2. The summed E-state index contributed by atoms with van der Waals surface area (Å²) in [6, 6.07) is 0. The molecular weight excluding hydrogens is 168 g/mol. The van der Waals surface area contributed by atoms with E-state index < -0.39 is 0 Å². The number of hydrogen-bond acceptors (Lipinski definition) is 3. The second-order valence-corrected chi connectivity index (χ2v) is 2.94. The van der Waals surface area contributed by atoms with Crippen LogP contribution in [0.5, 0.6) is 0 Å². The van der Waals surface area contributed by atoms with Crippen LogP contribution in [0, 0.1) is 0 Å². The molecule has 13 heavy (non-hydrogen) atoms. The maximum absolute atomic E-state index is 8.92. The molecule has 0 radical (unpaired) electrons. The van der Waals surface area contributed by atoms with Gasteiger partial charge in [0, 0.05) is 20.3 Å². The van der Waals surface area contributed by atoms with Crippen molar-refractivity contribution in [2.45, 2.75) is 26.0 Å². The average molecular weight is 184 g/mol. The number of imidazole rings is 1. The third-order valence-corrected chi connectivity index (χ3v) is 1.96. The molecule has 74 valence electrons. The lowest BCUT2D eigenvalue weighted by Crippen LogP contribution is -2.02. The summed E-state index contributed by atoms with van der Waals surface area (Å²) in [5.74, 6) is 0. The number of nitrogens with zero attached hydrogens (tertiary/aromatic N) is 2. The predicted molar refractivity (Wildman–Crippen MR) is 49.3 cm³/mol. The van der Waals surface area contributed by atoms with Crippen molar-refractivity contribution in [2.75, 3.05) is 13.7 Å². The van der Waals surface area contributed by atoms with Crippen molar-refractivity contribution in [2.24, 2.45) is 0 Å². The Bertz CT molecular complexity index is 235. The first kappa shape index (κ1) is 10.2. The van der Waals surface area contributed by atoms with Gasteiger partial charge in [-0.1, -0.05) is 0 Å². The minimum atomic E-state index is 0.0598. The van der Waals surface area contributed by atoms with Crippen LogP contribution in [0.1, 0.15) is 18.5 Å². The van der Waals surface area contributed by atoms with Crippen molar-refractivity contribution in [1.29, 1.82) is 0 Å². The summed E-state index contributed by atoms with van der Waals surface area (Å²) < 4.78 is 6.91. The van der Waals surface area contributed by atoms with E-state index in [2.05, 4.69) is 4.98 Å². The Morgan fingerprint density at radius 2 is 2.38 bits per heavy atom. The Morgan fingerprint density at radius 1 is 1.54 bits per heavy atom. The molecule has 4 heteroatoms. The maximum atomic E-state index is 8.92. The van der Waals surface area contributed by atoms with Crippen molar-refractivity contribution < 1.29 is 9.84 Å². The maximum Gasteiger partial charge on any atom is 0.0948 e. The highest BCUT2D eigenvalue weighted by molar-refractivity contribution is 4.95. The molecule has 0 aliphatic carbocycles. The van der Waals surface area contributed by atoms with E-state index in [9.17, 15) is 0 Å². The SMILES string of the molecule is COCCCCn1cncc1CO. The van der Waals surface area contributed by atoms with Gasteiger partial charge in [0.2, 0.25) is 0 Å². The largest absolute Gasteiger partial charge is 0.390 e. The van der Waals surface area contributed by atoms with Gasteiger partial charge in [0.1, 0.15) is 0 Å². The van der Waals surface area contributed by atoms with Crippen LogP contribution in [0.2, 0.25) is 0 Å². The van der Waals surface area contributed by atoms with Gasteiger partial charge in [-0.2, -0.15) is 0 Å². The molecule has 0 aromatic carbocycles.